The van der Waals surface area contributed by atoms with Crippen LogP contribution in [-0.2, 0) is 9.13 Å². The van der Waals surface area contributed by atoms with Crippen LogP contribution >= 0.6 is 16.1 Å². The summed E-state index contributed by atoms with van der Waals surface area (Å²) in [6, 6.07) is 0. The predicted molar refractivity (Wildman–Crippen MR) is 88.0 cm³/mol. The smallest absolute Gasteiger partial charge is 1.00 e. The minimum atomic E-state index is -1.93. The molecule has 0 radical (unpaired) electrons. The number of unbranched alkanes of at least 4 members (excludes halogenated alkanes) is 2. The Bertz CT molecular complexity index is 271. The second-order valence-corrected chi connectivity index (χ2v) is 7.68. The maximum Gasteiger partial charge on any atom is 1.00 e. The van der Waals surface area contributed by atoms with E-state index in [2.05, 4.69) is 6.92 Å². The van der Waals surface area contributed by atoms with E-state index in [0.717, 1.165) is 38.5 Å². The molecule has 0 saturated carbocycles. The normalized spacial score (nSPS) is 14.2. The first-order valence-electron chi connectivity index (χ1n) is 7.74. The summed E-state index contributed by atoms with van der Waals surface area (Å²) in [6.07, 6.45) is 7.89. The molecule has 2 N–H and O–H groups in total. The molecule has 122 valence electrons. The van der Waals surface area contributed by atoms with Crippen LogP contribution in [0.2, 0.25) is 0 Å². The van der Waals surface area contributed by atoms with Crippen molar-refractivity contribution in [3.8, 4) is 0 Å². The fourth-order valence-corrected chi connectivity index (χ4v) is 3.41. The van der Waals surface area contributed by atoms with Gasteiger partial charge in [0.25, 0.3) is 0 Å². The summed E-state index contributed by atoms with van der Waals surface area (Å²) < 4.78 is 21.1. The largest absolute Gasteiger partial charge is 1.00 e. The van der Waals surface area contributed by atoms with Crippen LogP contribution in [0.15, 0.2) is 0 Å². The second-order valence-electron chi connectivity index (χ2n) is 5.01. The maximum atomic E-state index is 10.7. The van der Waals surface area contributed by atoms with Gasteiger partial charge in [0.1, 0.15) is 0 Å². The van der Waals surface area contributed by atoms with Crippen LogP contribution in [0.5, 0.6) is 0 Å². The van der Waals surface area contributed by atoms with Gasteiger partial charge in [-0.1, -0.05) is 47.0 Å². The van der Waals surface area contributed by atoms with Crippen molar-refractivity contribution in [1.29, 1.82) is 0 Å². The van der Waals surface area contributed by atoms with Gasteiger partial charge in [0.2, 0.25) is 0 Å². The van der Waals surface area contributed by atoms with Crippen molar-refractivity contribution < 1.29 is 49.9 Å². The first-order valence-corrected chi connectivity index (χ1v) is 10.3. The van der Waals surface area contributed by atoms with Crippen molar-refractivity contribution in [2.24, 2.45) is 0 Å². The van der Waals surface area contributed by atoms with E-state index in [1.807, 2.05) is 20.8 Å². The van der Waals surface area contributed by atoms with Crippen molar-refractivity contribution in [3.05, 3.63) is 0 Å². The summed E-state index contributed by atoms with van der Waals surface area (Å²) in [5.74, 6) is 0. The molecule has 0 bridgehead atoms. The molecule has 4 atom stereocenters. The zero-order chi connectivity index (χ0) is 16.0. The van der Waals surface area contributed by atoms with Gasteiger partial charge < -0.3 is 1.43 Å². The fraction of sp³-hybridized carbons (Fsp3) is 1.00. The Labute approximate surface area is 156 Å². The molecular weight excluding hydrogens is 317 g/mol. The third-order valence-corrected chi connectivity index (χ3v) is 5.83. The molecule has 0 heterocycles. The van der Waals surface area contributed by atoms with Crippen molar-refractivity contribution in [3.63, 3.8) is 0 Å². The first-order chi connectivity index (χ1) is 9.44. The average molecular weight is 350 g/mol. The number of hydrogen-bond donors (Lipinski definition) is 2. The molecule has 0 aliphatic rings. The van der Waals surface area contributed by atoms with Crippen LogP contribution in [0.4, 0.5) is 0 Å². The third-order valence-electron chi connectivity index (χ3n) is 3.33. The Hall–Kier alpha value is 1.12. The predicted octanol–water partition coefficient (Wildman–Crippen LogP) is 2.50. The Morgan fingerprint density at radius 1 is 0.810 bits per heavy atom. The second kappa shape index (κ2) is 19.2. The van der Waals surface area contributed by atoms with Crippen LogP contribution in [-0.4, -0.2) is 21.1 Å². The van der Waals surface area contributed by atoms with Crippen LogP contribution in [0.3, 0.4) is 0 Å². The molecule has 0 rings (SSSR count). The first kappa shape index (κ1) is 27.0. The van der Waals surface area contributed by atoms with Crippen LogP contribution in [0, 0.1) is 0 Å². The minimum Gasteiger partial charge on any atom is -1.00 e. The standard InChI is InChI=1S/C8H17O2P.C6H13O2P.Na.H/c1-3-5-6-7-8(4-2)11(9)10;1-3-5-6(4-2)9(7)8;;/h8H,3-7H2,1-2H3;6H,3-5H2,1-2H3;;/q;;+1;-1/p+2. The Balaban J connectivity index is -0.000000137. The van der Waals surface area contributed by atoms with Gasteiger partial charge in [0.05, 0.1) is 0 Å². The van der Waals surface area contributed by atoms with Gasteiger partial charge in [-0.2, -0.15) is 9.79 Å². The molecule has 0 aromatic rings. The quantitative estimate of drug-likeness (QED) is 0.361. The zero-order valence-electron chi connectivity index (χ0n) is 15.4. The van der Waals surface area contributed by atoms with Crippen LogP contribution in [0.1, 0.15) is 80.5 Å². The summed E-state index contributed by atoms with van der Waals surface area (Å²) >= 11 is 0. The molecule has 0 amide bonds. The van der Waals surface area contributed by atoms with Crippen LogP contribution < -0.4 is 29.6 Å². The van der Waals surface area contributed by atoms with Crippen molar-refractivity contribution >= 4 is 16.1 Å². The molecule has 0 aliphatic carbocycles. The maximum absolute atomic E-state index is 10.7. The van der Waals surface area contributed by atoms with E-state index in [9.17, 15) is 9.13 Å². The topological polar surface area (TPSA) is 74.6 Å². The summed E-state index contributed by atoms with van der Waals surface area (Å²) in [5.41, 5.74) is 0.0709. The van der Waals surface area contributed by atoms with Gasteiger partial charge in [0.15, 0.2) is 11.3 Å². The molecule has 0 fully saturated rings. The fourth-order valence-electron chi connectivity index (χ4n) is 1.90. The molecule has 21 heavy (non-hydrogen) atoms. The van der Waals surface area contributed by atoms with Gasteiger partial charge in [0, 0.05) is 0 Å². The number of hydrogen-bond acceptors (Lipinski definition) is 2. The van der Waals surface area contributed by atoms with Crippen molar-refractivity contribution in [2.45, 2.75) is 90.4 Å². The Morgan fingerprint density at radius 3 is 1.48 bits per heavy atom. The number of rotatable bonds is 10. The molecule has 0 saturated heterocycles. The zero-order valence-corrected chi connectivity index (χ0v) is 18.2. The van der Waals surface area contributed by atoms with Gasteiger partial charge >= 0.3 is 45.6 Å². The molecule has 4 nitrogen and oxygen atoms in total. The molecule has 4 unspecified atom stereocenters. The molecule has 0 aromatic carbocycles. The molecule has 7 heteroatoms. The van der Waals surface area contributed by atoms with Gasteiger partial charge in [-0.15, -0.1) is 0 Å². The molecule has 0 aliphatic heterocycles. The van der Waals surface area contributed by atoms with E-state index in [4.69, 9.17) is 9.79 Å². The summed E-state index contributed by atoms with van der Waals surface area (Å²) in [7, 11) is -3.85. The van der Waals surface area contributed by atoms with E-state index >= 15 is 0 Å². The Morgan fingerprint density at radius 2 is 1.24 bits per heavy atom. The molecule has 0 spiro atoms. The molecular formula is C14H33NaO4P2+2. The van der Waals surface area contributed by atoms with Gasteiger partial charge in [-0.25, -0.2) is 0 Å². The van der Waals surface area contributed by atoms with E-state index in [1.165, 1.54) is 12.8 Å². The van der Waals surface area contributed by atoms with Crippen molar-refractivity contribution in [1.82, 2.24) is 0 Å². The van der Waals surface area contributed by atoms with Crippen molar-refractivity contribution in [2.75, 3.05) is 0 Å². The van der Waals surface area contributed by atoms with E-state index in [-0.39, 0.29) is 42.3 Å². The van der Waals surface area contributed by atoms with Crippen LogP contribution in [0.25, 0.3) is 0 Å². The van der Waals surface area contributed by atoms with E-state index in [0.29, 0.717) is 0 Å². The summed E-state index contributed by atoms with van der Waals surface area (Å²) in [5, 5.41) is 0. The van der Waals surface area contributed by atoms with Gasteiger partial charge in [-0.05, 0) is 41.2 Å². The average Bonchev–Trinajstić information content (AvgIpc) is 2.41. The summed E-state index contributed by atoms with van der Waals surface area (Å²) in [4.78, 5) is 17.5. The van der Waals surface area contributed by atoms with E-state index < -0.39 is 16.1 Å². The monoisotopic (exact) mass is 350 g/mol. The van der Waals surface area contributed by atoms with Gasteiger partial charge in [-0.3, -0.25) is 0 Å². The minimum absolute atomic E-state index is 0. The Kier molecular flexibility index (Phi) is 24.6. The molecule has 0 aromatic heterocycles. The summed E-state index contributed by atoms with van der Waals surface area (Å²) in [6.45, 7) is 8.09. The SMILES string of the molecule is CCCC(CC)[P+](=O)O.CCCCCC(CC)[P+](=O)O.[H-].[Na+]. The third kappa shape index (κ3) is 17.3. The van der Waals surface area contributed by atoms with E-state index in [1.54, 1.807) is 0 Å².